The fourth-order valence-electron chi connectivity index (χ4n) is 3.92. The van der Waals surface area contributed by atoms with Crippen LogP contribution in [0.15, 0.2) is 24.3 Å². The molecule has 5 heteroatoms. The third kappa shape index (κ3) is 4.97. The van der Waals surface area contributed by atoms with Gasteiger partial charge in [-0.3, -0.25) is 9.59 Å². The van der Waals surface area contributed by atoms with Gasteiger partial charge >= 0.3 is 0 Å². The Bertz CT molecular complexity index is 588. The summed E-state index contributed by atoms with van der Waals surface area (Å²) in [4.78, 5) is 26.8. The lowest BCUT2D eigenvalue weighted by atomic mass is 9.81. The first-order chi connectivity index (χ1) is 12.1. The molecule has 1 heterocycles. The summed E-state index contributed by atoms with van der Waals surface area (Å²) in [6.45, 7) is 2.49. The minimum absolute atomic E-state index is 0.0628. The second kappa shape index (κ2) is 8.70. The first kappa shape index (κ1) is 18.2. The smallest absolute Gasteiger partial charge is 0.225 e. The van der Waals surface area contributed by atoms with E-state index in [1.54, 1.807) is 0 Å². The molecule has 1 aromatic rings. The predicted octanol–water partition coefficient (Wildman–Crippen LogP) is 3.43. The molecule has 1 saturated heterocycles. The highest BCUT2D eigenvalue weighted by Crippen LogP contribution is 2.31. The van der Waals surface area contributed by atoms with Crippen LogP contribution < -0.4 is 5.32 Å². The zero-order valence-corrected chi connectivity index (χ0v) is 15.4. The lowest BCUT2D eigenvalue weighted by Crippen LogP contribution is -2.39. The van der Waals surface area contributed by atoms with E-state index in [1.165, 1.54) is 5.56 Å². The highest BCUT2D eigenvalue weighted by atomic mass is 35.5. The van der Waals surface area contributed by atoms with E-state index >= 15 is 0 Å². The molecule has 1 aliphatic heterocycles. The Labute approximate surface area is 154 Å². The summed E-state index contributed by atoms with van der Waals surface area (Å²) < 4.78 is 0. The van der Waals surface area contributed by atoms with Crippen LogP contribution in [0.3, 0.4) is 0 Å². The van der Waals surface area contributed by atoms with E-state index in [1.807, 2.05) is 29.2 Å². The Balaban J connectivity index is 1.37. The summed E-state index contributed by atoms with van der Waals surface area (Å²) in [5.41, 5.74) is 1.17. The normalized spacial score (nSPS) is 23.5. The molecule has 2 aliphatic rings. The van der Waals surface area contributed by atoms with Crippen LogP contribution in [0.1, 0.15) is 44.1 Å². The van der Waals surface area contributed by atoms with Crippen molar-refractivity contribution in [2.24, 2.45) is 11.8 Å². The molecular weight excluding hydrogens is 336 g/mol. The highest BCUT2D eigenvalue weighted by Gasteiger charge is 2.32. The highest BCUT2D eigenvalue weighted by molar-refractivity contribution is 6.30. The largest absolute Gasteiger partial charge is 0.356 e. The van der Waals surface area contributed by atoms with Crippen LogP contribution in [0.2, 0.25) is 5.02 Å². The first-order valence-corrected chi connectivity index (χ1v) is 9.82. The summed E-state index contributed by atoms with van der Waals surface area (Å²) >= 11 is 5.88. The van der Waals surface area contributed by atoms with Crippen molar-refractivity contribution in [3.05, 3.63) is 34.9 Å². The maximum Gasteiger partial charge on any atom is 0.225 e. The standard InChI is InChI=1S/C20H27ClN2O2/c21-18-9-3-15(4-10-18)11-12-22-19(24)16-5-7-17(8-6-16)20(25)23-13-1-2-14-23/h3-4,9-10,16-17H,1-2,5-8,11-14H2,(H,22,24). The van der Waals surface area contributed by atoms with Crippen LogP contribution in [-0.2, 0) is 16.0 Å². The molecule has 1 aromatic carbocycles. The molecule has 2 amide bonds. The topological polar surface area (TPSA) is 49.4 Å². The van der Waals surface area contributed by atoms with Gasteiger partial charge in [0.05, 0.1) is 0 Å². The van der Waals surface area contributed by atoms with E-state index in [0.29, 0.717) is 12.5 Å². The van der Waals surface area contributed by atoms with Gasteiger partial charge in [-0.1, -0.05) is 23.7 Å². The second-order valence-electron chi connectivity index (χ2n) is 7.25. The van der Waals surface area contributed by atoms with Crippen molar-refractivity contribution in [1.82, 2.24) is 10.2 Å². The number of hydrogen-bond acceptors (Lipinski definition) is 2. The van der Waals surface area contributed by atoms with Gasteiger partial charge in [0.2, 0.25) is 11.8 Å². The summed E-state index contributed by atoms with van der Waals surface area (Å²) in [6.07, 6.45) is 6.45. The van der Waals surface area contributed by atoms with Gasteiger partial charge in [0, 0.05) is 36.5 Å². The lowest BCUT2D eigenvalue weighted by molar-refractivity contribution is -0.137. The number of nitrogens with zero attached hydrogens (tertiary/aromatic N) is 1. The predicted molar refractivity (Wildman–Crippen MR) is 99.4 cm³/mol. The molecule has 0 atom stereocenters. The number of likely N-dealkylation sites (tertiary alicyclic amines) is 1. The van der Waals surface area contributed by atoms with Crippen molar-refractivity contribution in [3.8, 4) is 0 Å². The average molecular weight is 363 g/mol. The molecule has 0 spiro atoms. The van der Waals surface area contributed by atoms with Gasteiger partial charge < -0.3 is 10.2 Å². The SMILES string of the molecule is O=C(NCCc1ccc(Cl)cc1)C1CCC(C(=O)N2CCCC2)CC1. The molecule has 0 bridgehead atoms. The summed E-state index contributed by atoms with van der Waals surface area (Å²) in [5, 5.41) is 3.78. The number of carbonyl (C=O) groups is 2. The van der Waals surface area contributed by atoms with E-state index in [4.69, 9.17) is 11.6 Å². The molecule has 3 rings (SSSR count). The molecule has 2 fully saturated rings. The lowest BCUT2D eigenvalue weighted by Gasteiger charge is -2.29. The Morgan fingerprint density at radius 1 is 1.00 bits per heavy atom. The van der Waals surface area contributed by atoms with E-state index in [-0.39, 0.29) is 17.7 Å². The van der Waals surface area contributed by atoms with Gasteiger partial charge in [-0.15, -0.1) is 0 Å². The quantitative estimate of drug-likeness (QED) is 0.872. The van der Waals surface area contributed by atoms with Crippen molar-refractivity contribution in [3.63, 3.8) is 0 Å². The molecule has 0 unspecified atom stereocenters. The van der Waals surface area contributed by atoms with Crippen molar-refractivity contribution in [2.75, 3.05) is 19.6 Å². The molecule has 25 heavy (non-hydrogen) atoms. The number of halogens is 1. The van der Waals surface area contributed by atoms with Crippen LogP contribution in [0.25, 0.3) is 0 Å². The molecule has 1 saturated carbocycles. The maximum atomic E-state index is 12.4. The molecule has 4 nitrogen and oxygen atoms in total. The van der Waals surface area contributed by atoms with Crippen molar-refractivity contribution in [1.29, 1.82) is 0 Å². The van der Waals surface area contributed by atoms with Crippen molar-refractivity contribution < 1.29 is 9.59 Å². The molecular formula is C20H27ClN2O2. The maximum absolute atomic E-state index is 12.4. The number of rotatable bonds is 5. The molecule has 0 aromatic heterocycles. The fourth-order valence-corrected chi connectivity index (χ4v) is 4.05. The monoisotopic (exact) mass is 362 g/mol. The Kier molecular flexibility index (Phi) is 6.35. The van der Waals surface area contributed by atoms with Gasteiger partial charge in [0.1, 0.15) is 0 Å². The summed E-state index contributed by atoms with van der Waals surface area (Å²) in [7, 11) is 0. The minimum Gasteiger partial charge on any atom is -0.356 e. The molecule has 1 N–H and O–H groups in total. The fraction of sp³-hybridized carbons (Fsp3) is 0.600. The van der Waals surface area contributed by atoms with Gasteiger partial charge in [0.15, 0.2) is 0 Å². The third-order valence-electron chi connectivity index (χ3n) is 5.49. The Hall–Kier alpha value is -1.55. The van der Waals surface area contributed by atoms with Crippen LogP contribution in [0.4, 0.5) is 0 Å². The van der Waals surface area contributed by atoms with E-state index in [2.05, 4.69) is 5.32 Å². The van der Waals surface area contributed by atoms with Gasteiger partial charge in [-0.25, -0.2) is 0 Å². The third-order valence-corrected chi connectivity index (χ3v) is 5.74. The minimum atomic E-state index is 0.0628. The first-order valence-electron chi connectivity index (χ1n) is 9.44. The molecule has 136 valence electrons. The van der Waals surface area contributed by atoms with Crippen LogP contribution >= 0.6 is 11.6 Å². The van der Waals surface area contributed by atoms with E-state index in [0.717, 1.165) is 63.1 Å². The number of benzene rings is 1. The zero-order chi connectivity index (χ0) is 17.6. The number of carbonyl (C=O) groups excluding carboxylic acids is 2. The Morgan fingerprint density at radius 3 is 2.24 bits per heavy atom. The van der Waals surface area contributed by atoms with Gasteiger partial charge in [-0.2, -0.15) is 0 Å². The van der Waals surface area contributed by atoms with Crippen LogP contribution in [0, 0.1) is 11.8 Å². The number of nitrogens with one attached hydrogen (secondary N) is 1. The van der Waals surface area contributed by atoms with Crippen molar-refractivity contribution in [2.45, 2.75) is 44.9 Å². The molecule has 0 radical (unpaired) electrons. The van der Waals surface area contributed by atoms with Crippen LogP contribution in [0.5, 0.6) is 0 Å². The summed E-state index contributed by atoms with van der Waals surface area (Å²) in [5.74, 6) is 0.657. The van der Waals surface area contributed by atoms with Gasteiger partial charge in [-0.05, 0) is 62.6 Å². The average Bonchev–Trinajstić information content (AvgIpc) is 3.17. The zero-order valence-electron chi connectivity index (χ0n) is 14.7. The number of amides is 2. The number of hydrogen-bond donors (Lipinski definition) is 1. The molecule has 1 aliphatic carbocycles. The van der Waals surface area contributed by atoms with E-state index < -0.39 is 0 Å². The van der Waals surface area contributed by atoms with Crippen LogP contribution in [-0.4, -0.2) is 36.3 Å². The Morgan fingerprint density at radius 2 is 1.60 bits per heavy atom. The van der Waals surface area contributed by atoms with E-state index in [9.17, 15) is 9.59 Å². The van der Waals surface area contributed by atoms with Crippen molar-refractivity contribution >= 4 is 23.4 Å². The summed E-state index contributed by atoms with van der Waals surface area (Å²) in [6, 6.07) is 7.72. The second-order valence-corrected chi connectivity index (χ2v) is 7.68. The van der Waals surface area contributed by atoms with Gasteiger partial charge in [0.25, 0.3) is 0 Å².